The van der Waals surface area contributed by atoms with Crippen molar-refractivity contribution < 1.29 is 14.3 Å². The minimum absolute atomic E-state index is 0.289. The Morgan fingerprint density at radius 3 is 2.65 bits per heavy atom. The molecule has 1 aliphatic heterocycles. The number of carbonyl (C=O) groups excluding carboxylic acids is 1. The Kier molecular flexibility index (Phi) is 4.64. The summed E-state index contributed by atoms with van der Waals surface area (Å²) in [7, 11) is 0. The predicted molar refractivity (Wildman–Crippen MR) is 91.2 cm³/mol. The average molecular weight is 352 g/mol. The molecule has 0 aliphatic carbocycles. The van der Waals surface area contributed by atoms with Crippen molar-refractivity contribution in [3.8, 4) is 11.5 Å². The monoisotopic (exact) mass is 351 g/mol. The Labute approximate surface area is 144 Å². The van der Waals surface area contributed by atoms with Crippen LogP contribution in [-0.4, -0.2) is 19.1 Å². The summed E-state index contributed by atoms with van der Waals surface area (Å²) < 4.78 is 11.1. The predicted octanol–water partition coefficient (Wildman–Crippen LogP) is 4.72. The van der Waals surface area contributed by atoms with E-state index in [4.69, 9.17) is 32.7 Å². The summed E-state index contributed by atoms with van der Waals surface area (Å²) in [5, 5.41) is 3.75. The van der Waals surface area contributed by atoms with Crippen molar-refractivity contribution in [1.82, 2.24) is 0 Å². The third-order valence-electron chi connectivity index (χ3n) is 3.49. The molecule has 0 aromatic heterocycles. The van der Waals surface area contributed by atoms with E-state index in [1.165, 1.54) is 0 Å². The zero-order valence-corrected chi connectivity index (χ0v) is 14.0. The standard InChI is InChI=1S/C17H15Cl2NO3/c1-10-3-4-12(9-13(10)18)20-17(21)11-7-14(19)16-15(8-11)22-5-2-6-23-16/h3-4,7-9H,2,5-6H2,1H3,(H,20,21). The Morgan fingerprint density at radius 2 is 1.87 bits per heavy atom. The zero-order valence-electron chi connectivity index (χ0n) is 12.5. The van der Waals surface area contributed by atoms with Crippen molar-refractivity contribution in [2.45, 2.75) is 13.3 Å². The van der Waals surface area contributed by atoms with E-state index in [2.05, 4.69) is 5.32 Å². The van der Waals surface area contributed by atoms with Gasteiger partial charge in [0.05, 0.1) is 18.2 Å². The highest BCUT2D eigenvalue weighted by Crippen LogP contribution is 2.38. The smallest absolute Gasteiger partial charge is 0.255 e. The summed E-state index contributed by atoms with van der Waals surface area (Å²) in [4.78, 5) is 12.4. The molecule has 1 aliphatic rings. The lowest BCUT2D eigenvalue weighted by Gasteiger charge is -2.12. The third-order valence-corrected chi connectivity index (χ3v) is 4.18. The minimum Gasteiger partial charge on any atom is -0.489 e. The van der Waals surface area contributed by atoms with Crippen molar-refractivity contribution in [2.75, 3.05) is 18.5 Å². The molecule has 0 spiro atoms. The number of fused-ring (bicyclic) bond motifs is 1. The molecular weight excluding hydrogens is 337 g/mol. The van der Waals surface area contributed by atoms with E-state index >= 15 is 0 Å². The lowest BCUT2D eigenvalue weighted by Crippen LogP contribution is -2.12. The zero-order chi connectivity index (χ0) is 16.4. The largest absolute Gasteiger partial charge is 0.489 e. The van der Waals surface area contributed by atoms with E-state index in [1.807, 2.05) is 13.0 Å². The van der Waals surface area contributed by atoms with Crippen LogP contribution in [0.5, 0.6) is 11.5 Å². The summed E-state index contributed by atoms with van der Waals surface area (Å²) in [5.41, 5.74) is 1.97. The number of amides is 1. The molecule has 2 aromatic carbocycles. The van der Waals surface area contributed by atoms with Gasteiger partial charge in [0.15, 0.2) is 11.5 Å². The van der Waals surface area contributed by atoms with Crippen LogP contribution in [0.3, 0.4) is 0 Å². The Balaban J connectivity index is 1.86. The molecule has 0 bridgehead atoms. The number of rotatable bonds is 2. The molecule has 120 valence electrons. The van der Waals surface area contributed by atoms with Crippen LogP contribution in [0.25, 0.3) is 0 Å². The Morgan fingerprint density at radius 1 is 1.09 bits per heavy atom. The molecule has 0 fully saturated rings. The van der Waals surface area contributed by atoms with Crippen molar-refractivity contribution in [3.05, 3.63) is 51.5 Å². The lowest BCUT2D eigenvalue weighted by atomic mass is 10.1. The highest BCUT2D eigenvalue weighted by molar-refractivity contribution is 6.33. The number of benzene rings is 2. The van der Waals surface area contributed by atoms with Gasteiger partial charge in [-0.3, -0.25) is 4.79 Å². The van der Waals surface area contributed by atoms with Gasteiger partial charge in [0, 0.05) is 22.7 Å². The van der Waals surface area contributed by atoms with E-state index in [0.717, 1.165) is 12.0 Å². The van der Waals surface area contributed by atoms with Crippen molar-refractivity contribution >= 4 is 34.8 Å². The maximum absolute atomic E-state index is 12.4. The summed E-state index contributed by atoms with van der Waals surface area (Å²) in [6, 6.07) is 8.56. The van der Waals surface area contributed by atoms with Gasteiger partial charge in [-0.25, -0.2) is 0 Å². The normalized spacial score (nSPS) is 13.3. The number of nitrogens with one attached hydrogen (secondary N) is 1. The van der Waals surface area contributed by atoms with Gasteiger partial charge in [0.25, 0.3) is 5.91 Å². The molecule has 1 amide bonds. The van der Waals surface area contributed by atoms with Crippen LogP contribution in [0.15, 0.2) is 30.3 Å². The molecule has 23 heavy (non-hydrogen) atoms. The lowest BCUT2D eigenvalue weighted by molar-refractivity contribution is 0.102. The highest BCUT2D eigenvalue weighted by Gasteiger charge is 2.18. The molecule has 6 heteroatoms. The first-order valence-electron chi connectivity index (χ1n) is 7.21. The molecule has 3 rings (SSSR count). The van der Waals surface area contributed by atoms with Gasteiger partial charge in [-0.1, -0.05) is 29.3 Å². The molecule has 0 radical (unpaired) electrons. The first-order valence-corrected chi connectivity index (χ1v) is 7.97. The van der Waals surface area contributed by atoms with Gasteiger partial charge in [0.1, 0.15) is 0 Å². The maximum Gasteiger partial charge on any atom is 0.255 e. The highest BCUT2D eigenvalue weighted by atomic mass is 35.5. The summed E-state index contributed by atoms with van der Waals surface area (Å²) in [5.74, 6) is 0.684. The summed E-state index contributed by atoms with van der Waals surface area (Å²) in [6.07, 6.45) is 0.772. The van der Waals surface area contributed by atoms with Gasteiger partial charge in [-0.05, 0) is 36.8 Å². The van der Waals surface area contributed by atoms with Crippen LogP contribution < -0.4 is 14.8 Å². The van der Waals surface area contributed by atoms with Gasteiger partial charge < -0.3 is 14.8 Å². The molecule has 0 saturated carbocycles. The van der Waals surface area contributed by atoms with Gasteiger partial charge in [-0.15, -0.1) is 0 Å². The molecule has 1 heterocycles. The number of aryl methyl sites for hydroxylation is 1. The van der Waals surface area contributed by atoms with Gasteiger partial charge >= 0.3 is 0 Å². The van der Waals surface area contributed by atoms with Crippen LogP contribution in [0.2, 0.25) is 10.0 Å². The van der Waals surface area contributed by atoms with Crippen LogP contribution in [0.1, 0.15) is 22.3 Å². The maximum atomic E-state index is 12.4. The summed E-state index contributed by atoms with van der Waals surface area (Å²) in [6.45, 7) is 2.97. The third kappa shape index (κ3) is 3.54. The van der Waals surface area contributed by atoms with Crippen LogP contribution in [0, 0.1) is 6.92 Å². The van der Waals surface area contributed by atoms with E-state index in [0.29, 0.717) is 46.0 Å². The first kappa shape index (κ1) is 16.0. The quantitative estimate of drug-likeness (QED) is 0.851. The molecule has 0 saturated heterocycles. The number of carbonyl (C=O) groups is 1. The second-order valence-corrected chi connectivity index (χ2v) is 6.07. The van der Waals surface area contributed by atoms with E-state index in [-0.39, 0.29) is 5.91 Å². The minimum atomic E-state index is -0.289. The number of hydrogen-bond acceptors (Lipinski definition) is 3. The summed E-state index contributed by atoms with van der Waals surface area (Å²) >= 11 is 12.3. The average Bonchev–Trinajstić information content (AvgIpc) is 2.76. The fourth-order valence-electron chi connectivity index (χ4n) is 2.24. The second kappa shape index (κ2) is 6.69. The Hall–Kier alpha value is -1.91. The van der Waals surface area contributed by atoms with Gasteiger partial charge in [-0.2, -0.15) is 0 Å². The molecule has 0 atom stereocenters. The van der Waals surface area contributed by atoms with E-state index < -0.39 is 0 Å². The molecule has 2 aromatic rings. The Bertz CT molecular complexity index is 762. The van der Waals surface area contributed by atoms with Crippen molar-refractivity contribution in [3.63, 3.8) is 0 Å². The van der Waals surface area contributed by atoms with E-state index in [9.17, 15) is 4.79 Å². The first-order chi connectivity index (χ1) is 11.0. The number of anilines is 1. The number of ether oxygens (including phenoxy) is 2. The molecule has 4 nitrogen and oxygen atoms in total. The van der Waals surface area contributed by atoms with Crippen molar-refractivity contribution in [2.24, 2.45) is 0 Å². The molecule has 0 unspecified atom stereocenters. The van der Waals surface area contributed by atoms with Crippen LogP contribution in [-0.2, 0) is 0 Å². The van der Waals surface area contributed by atoms with Crippen LogP contribution in [0.4, 0.5) is 5.69 Å². The fraction of sp³-hybridized carbons (Fsp3) is 0.235. The topological polar surface area (TPSA) is 47.6 Å². The molecule has 1 N–H and O–H groups in total. The second-order valence-electron chi connectivity index (χ2n) is 5.25. The van der Waals surface area contributed by atoms with E-state index in [1.54, 1.807) is 24.3 Å². The van der Waals surface area contributed by atoms with Crippen molar-refractivity contribution in [1.29, 1.82) is 0 Å². The van der Waals surface area contributed by atoms with Crippen LogP contribution >= 0.6 is 23.2 Å². The van der Waals surface area contributed by atoms with Gasteiger partial charge in [0.2, 0.25) is 0 Å². The number of halogens is 2. The fourth-order valence-corrected chi connectivity index (χ4v) is 2.68. The number of hydrogen-bond donors (Lipinski definition) is 1. The SMILES string of the molecule is Cc1ccc(NC(=O)c2cc(Cl)c3c(c2)OCCCO3)cc1Cl. The molecular formula is C17H15Cl2NO3.